The van der Waals surface area contributed by atoms with Crippen molar-refractivity contribution in [1.29, 1.82) is 5.41 Å². The Labute approximate surface area is 108 Å². The van der Waals surface area contributed by atoms with E-state index in [9.17, 15) is 0 Å². The van der Waals surface area contributed by atoms with E-state index < -0.39 is 0 Å². The maximum atomic E-state index is 7.20. The van der Waals surface area contributed by atoms with Crippen LogP contribution in [0.2, 0.25) is 0 Å². The molecule has 100 valence electrons. The van der Waals surface area contributed by atoms with E-state index in [2.05, 4.69) is 27.7 Å². The van der Waals surface area contributed by atoms with Gasteiger partial charge in [0.2, 0.25) is 0 Å². The first kappa shape index (κ1) is 16.4. The molecule has 0 spiro atoms. The second kappa shape index (κ2) is 10.6. The van der Waals surface area contributed by atoms with Gasteiger partial charge in [0.15, 0.2) is 0 Å². The van der Waals surface area contributed by atoms with Crippen molar-refractivity contribution in [3.8, 4) is 0 Å². The van der Waals surface area contributed by atoms with Crippen LogP contribution in [0, 0.1) is 17.2 Å². The van der Waals surface area contributed by atoms with Crippen molar-refractivity contribution in [3.63, 3.8) is 0 Å². The molecule has 0 rings (SSSR count). The Balaban J connectivity index is 4.20. The molecule has 0 fully saturated rings. The lowest BCUT2D eigenvalue weighted by Gasteiger charge is -2.21. The zero-order chi connectivity index (χ0) is 13.1. The van der Waals surface area contributed by atoms with Gasteiger partial charge in [-0.3, -0.25) is 0 Å². The van der Waals surface area contributed by atoms with Crippen molar-refractivity contribution in [1.82, 2.24) is 0 Å². The van der Waals surface area contributed by atoms with Crippen LogP contribution in [0.1, 0.15) is 72.6 Å². The maximum Gasteiger partial charge on any atom is 0.0177 e. The molecular weight excluding hydrogens is 206 g/mol. The molecule has 0 aliphatic heterocycles. The number of unbranched alkanes of at least 4 members (excludes halogenated alkanes) is 3. The predicted octanol–water partition coefficient (Wildman–Crippen LogP) is 5.61. The first-order valence-electron chi connectivity index (χ1n) is 7.32. The molecule has 0 aliphatic carbocycles. The van der Waals surface area contributed by atoms with Crippen LogP contribution in [0.3, 0.4) is 0 Å². The summed E-state index contributed by atoms with van der Waals surface area (Å²) < 4.78 is 0. The number of nitrogens with one attached hydrogen (secondary N) is 1. The molecule has 2 atom stereocenters. The van der Waals surface area contributed by atoms with E-state index >= 15 is 0 Å². The zero-order valence-electron chi connectivity index (χ0n) is 12.3. The van der Waals surface area contributed by atoms with Crippen molar-refractivity contribution in [2.75, 3.05) is 0 Å². The standard InChI is InChI=1S/C16H31N/c1-5-7-8-9-10-16(13-14(3)6-2)15(4)11-12-17/h11-12,14,16-17H,5-10,13H2,1-4H3/b15-11+,17-12?. The van der Waals surface area contributed by atoms with E-state index in [4.69, 9.17) is 5.41 Å². The van der Waals surface area contributed by atoms with Crippen molar-refractivity contribution in [3.05, 3.63) is 11.6 Å². The summed E-state index contributed by atoms with van der Waals surface area (Å²) in [6.07, 6.45) is 12.7. The summed E-state index contributed by atoms with van der Waals surface area (Å²) in [5.74, 6) is 1.50. The first-order chi connectivity index (χ1) is 8.15. The fraction of sp³-hybridized carbons (Fsp3) is 0.812. The molecule has 0 aliphatic rings. The monoisotopic (exact) mass is 237 g/mol. The highest BCUT2D eigenvalue weighted by Crippen LogP contribution is 2.27. The Kier molecular flexibility index (Phi) is 10.2. The second-order valence-corrected chi connectivity index (χ2v) is 5.37. The minimum atomic E-state index is 0.698. The third-order valence-electron chi connectivity index (χ3n) is 3.78. The van der Waals surface area contributed by atoms with Gasteiger partial charge in [0.25, 0.3) is 0 Å². The molecule has 0 saturated heterocycles. The van der Waals surface area contributed by atoms with Crippen LogP contribution in [0.5, 0.6) is 0 Å². The fourth-order valence-electron chi connectivity index (χ4n) is 2.27. The van der Waals surface area contributed by atoms with Crippen LogP contribution in [0.25, 0.3) is 0 Å². The van der Waals surface area contributed by atoms with E-state index in [1.165, 1.54) is 56.7 Å². The van der Waals surface area contributed by atoms with Crippen molar-refractivity contribution >= 4 is 6.21 Å². The Morgan fingerprint density at radius 1 is 1.18 bits per heavy atom. The third-order valence-corrected chi connectivity index (χ3v) is 3.78. The number of allylic oxidation sites excluding steroid dienone is 2. The summed E-state index contributed by atoms with van der Waals surface area (Å²) in [4.78, 5) is 0. The van der Waals surface area contributed by atoms with Gasteiger partial charge in [-0.25, -0.2) is 0 Å². The highest BCUT2D eigenvalue weighted by molar-refractivity contribution is 5.68. The minimum Gasteiger partial charge on any atom is -0.309 e. The molecule has 0 aromatic heterocycles. The van der Waals surface area contributed by atoms with Crippen molar-refractivity contribution < 1.29 is 0 Å². The number of hydrogen-bond donors (Lipinski definition) is 1. The van der Waals surface area contributed by atoms with Gasteiger partial charge in [0, 0.05) is 6.21 Å². The van der Waals surface area contributed by atoms with E-state index in [1.807, 2.05) is 6.08 Å². The second-order valence-electron chi connectivity index (χ2n) is 5.37. The molecule has 0 bridgehead atoms. The van der Waals surface area contributed by atoms with Crippen molar-refractivity contribution in [2.45, 2.75) is 72.6 Å². The van der Waals surface area contributed by atoms with Crippen molar-refractivity contribution in [2.24, 2.45) is 11.8 Å². The Morgan fingerprint density at radius 2 is 1.88 bits per heavy atom. The van der Waals surface area contributed by atoms with E-state index in [1.54, 1.807) is 0 Å². The molecule has 0 aromatic carbocycles. The Hall–Kier alpha value is -0.590. The summed E-state index contributed by atoms with van der Waals surface area (Å²) >= 11 is 0. The van der Waals surface area contributed by atoms with E-state index in [0.29, 0.717) is 5.92 Å². The average Bonchev–Trinajstić information content (AvgIpc) is 2.33. The molecule has 0 heterocycles. The van der Waals surface area contributed by atoms with Gasteiger partial charge in [-0.15, -0.1) is 0 Å². The molecule has 0 aromatic rings. The Morgan fingerprint density at radius 3 is 2.41 bits per heavy atom. The molecule has 1 nitrogen and oxygen atoms in total. The van der Waals surface area contributed by atoms with Gasteiger partial charge in [-0.2, -0.15) is 0 Å². The largest absolute Gasteiger partial charge is 0.309 e. The lowest BCUT2D eigenvalue weighted by atomic mass is 9.85. The Bertz CT molecular complexity index is 218. The normalized spacial score (nSPS) is 15.6. The molecule has 2 unspecified atom stereocenters. The summed E-state index contributed by atoms with van der Waals surface area (Å²) in [6, 6.07) is 0. The average molecular weight is 237 g/mol. The zero-order valence-corrected chi connectivity index (χ0v) is 12.3. The summed E-state index contributed by atoms with van der Waals surface area (Å²) in [5, 5.41) is 7.20. The van der Waals surface area contributed by atoms with Gasteiger partial charge >= 0.3 is 0 Å². The predicted molar refractivity (Wildman–Crippen MR) is 78.9 cm³/mol. The maximum absolute atomic E-state index is 7.20. The third kappa shape index (κ3) is 8.18. The SMILES string of the molecule is CCCCCCC(CC(C)CC)/C(C)=C/C=N. The lowest BCUT2D eigenvalue weighted by molar-refractivity contribution is 0.390. The summed E-state index contributed by atoms with van der Waals surface area (Å²) in [6.45, 7) is 9.07. The highest BCUT2D eigenvalue weighted by atomic mass is 14.3. The molecule has 1 heteroatoms. The summed E-state index contributed by atoms with van der Waals surface area (Å²) in [7, 11) is 0. The van der Waals surface area contributed by atoms with Crippen LogP contribution < -0.4 is 0 Å². The molecule has 0 radical (unpaired) electrons. The summed E-state index contributed by atoms with van der Waals surface area (Å²) in [5.41, 5.74) is 1.40. The van der Waals surface area contributed by atoms with Gasteiger partial charge in [0.1, 0.15) is 0 Å². The van der Waals surface area contributed by atoms with E-state index in [-0.39, 0.29) is 0 Å². The molecule has 0 amide bonds. The topological polar surface area (TPSA) is 23.9 Å². The van der Waals surface area contributed by atoms with Crippen LogP contribution in [-0.2, 0) is 0 Å². The van der Waals surface area contributed by atoms with Gasteiger partial charge in [-0.1, -0.05) is 58.4 Å². The van der Waals surface area contributed by atoms with Crippen LogP contribution in [-0.4, -0.2) is 6.21 Å². The molecule has 1 N–H and O–H groups in total. The van der Waals surface area contributed by atoms with Crippen LogP contribution in [0.15, 0.2) is 11.6 Å². The smallest absolute Gasteiger partial charge is 0.0177 e. The first-order valence-corrected chi connectivity index (χ1v) is 7.32. The number of hydrogen-bond acceptors (Lipinski definition) is 1. The quantitative estimate of drug-likeness (QED) is 0.377. The minimum absolute atomic E-state index is 0.698. The van der Waals surface area contributed by atoms with Crippen LogP contribution in [0.4, 0.5) is 0 Å². The van der Waals surface area contributed by atoms with Crippen LogP contribution >= 0.6 is 0 Å². The van der Waals surface area contributed by atoms with Gasteiger partial charge in [-0.05, 0) is 37.7 Å². The van der Waals surface area contributed by atoms with Gasteiger partial charge in [0.05, 0.1) is 0 Å². The van der Waals surface area contributed by atoms with Gasteiger partial charge < -0.3 is 5.41 Å². The van der Waals surface area contributed by atoms with E-state index in [0.717, 1.165) is 5.92 Å². The molecule has 17 heavy (non-hydrogen) atoms. The molecular formula is C16H31N. The highest BCUT2D eigenvalue weighted by Gasteiger charge is 2.13. The number of rotatable bonds is 10. The molecule has 0 saturated carbocycles. The fourth-order valence-corrected chi connectivity index (χ4v) is 2.27. The lowest BCUT2D eigenvalue weighted by Crippen LogP contribution is -2.08.